The maximum atomic E-state index is 13.1. The molecule has 120 valence electrons. The number of alkyl halides is 3. The number of aromatic nitrogens is 1. The monoisotopic (exact) mass is 334 g/mol. The molecule has 0 fully saturated rings. The normalized spacial score (nSPS) is 14.6. The van der Waals surface area contributed by atoms with Crippen LogP contribution in [0.5, 0.6) is 0 Å². The van der Waals surface area contributed by atoms with Gasteiger partial charge in [-0.05, 0) is 13.0 Å². The largest absolute Gasteiger partial charge is 0.446 e. The second-order valence-corrected chi connectivity index (χ2v) is 5.76. The molecule has 2 rings (SSSR count). The minimum absolute atomic E-state index is 0.370. The first kappa shape index (κ1) is 16.5. The molecule has 0 bridgehead atoms. The summed E-state index contributed by atoms with van der Waals surface area (Å²) in [6.45, 7) is 1.43. The number of rotatable bonds is 5. The van der Waals surface area contributed by atoms with Gasteiger partial charge < -0.3 is 14.8 Å². The summed E-state index contributed by atoms with van der Waals surface area (Å²) < 4.78 is 43.8. The lowest BCUT2D eigenvalue weighted by molar-refractivity contribution is -0.276. The topological polar surface area (TPSA) is 75.4 Å². The quantitative estimate of drug-likeness (QED) is 0.881. The Hall–Kier alpha value is -1.87. The van der Waals surface area contributed by atoms with Crippen LogP contribution in [0.2, 0.25) is 0 Å². The van der Waals surface area contributed by atoms with Crippen LogP contribution in [0.15, 0.2) is 28.3 Å². The van der Waals surface area contributed by atoms with E-state index in [0.717, 1.165) is 17.3 Å². The van der Waals surface area contributed by atoms with Crippen molar-refractivity contribution in [1.29, 1.82) is 0 Å². The van der Waals surface area contributed by atoms with E-state index in [0.29, 0.717) is 5.56 Å². The third kappa shape index (κ3) is 3.30. The van der Waals surface area contributed by atoms with Crippen LogP contribution in [0.3, 0.4) is 0 Å². The zero-order valence-electron chi connectivity index (χ0n) is 11.5. The minimum Gasteiger partial charge on any atom is -0.446 e. The summed E-state index contributed by atoms with van der Waals surface area (Å²) in [5.41, 5.74) is -2.87. The van der Waals surface area contributed by atoms with Gasteiger partial charge in [0.25, 0.3) is 5.91 Å². The highest BCUT2D eigenvalue weighted by Crippen LogP contribution is 2.40. The first-order valence-corrected chi connectivity index (χ1v) is 7.14. The van der Waals surface area contributed by atoms with Gasteiger partial charge in [-0.15, -0.1) is 11.3 Å². The molecule has 0 spiro atoms. The number of carbonyl (C=O) groups excluding carboxylic acids is 1. The third-order valence-electron chi connectivity index (χ3n) is 3.02. The maximum absolute atomic E-state index is 13.1. The molecule has 2 heterocycles. The Morgan fingerprint density at radius 1 is 1.50 bits per heavy atom. The molecule has 1 amide bonds. The molecule has 22 heavy (non-hydrogen) atoms. The van der Waals surface area contributed by atoms with Gasteiger partial charge in [0.1, 0.15) is 6.26 Å². The molecular weight excluding hydrogens is 321 g/mol. The highest BCUT2D eigenvalue weighted by molar-refractivity contribution is 7.10. The number of hydrogen-bond donors (Lipinski definition) is 2. The summed E-state index contributed by atoms with van der Waals surface area (Å²) in [4.78, 5) is 16.1. The zero-order chi connectivity index (χ0) is 16.4. The average molecular weight is 334 g/mol. The molecule has 1 unspecified atom stereocenters. The number of halogens is 3. The minimum atomic E-state index is -4.97. The molecule has 0 saturated heterocycles. The number of nitrogens with one attached hydrogen (secondary N) is 1. The van der Waals surface area contributed by atoms with Crippen molar-refractivity contribution in [3.63, 3.8) is 0 Å². The van der Waals surface area contributed by atoms with Crippen LogP contribution in [-0.4, -0.2) is 28.7 Å². The molecule has 0 saturated carbocycles. The average Bonchev–Trinajstić information content (AvgIpc) is 3.08. The Morgan fingerprint density at radius 3 is 2.73 bits per heavy atom. The van der Waals surface area contributed by atoms with Crippen molar-refractivity contribution in [1.82, 2.24) is 10.3 Å². The van der Waals surface area contributed by atoms with E-state index in [-0.39, 0.29) is 6.54 Å². The maximum Gasteiger partial charge on any atom is 0.426 e. The van der Waals surface area contributed by atoms with Gasteiger partial charge in [-0.3, -0.25) is 4.79 Å². The van der Waals surface area contributed by atoms with Crippen LogP contribution < -0.4 is 5.32 Å². The Balaban J connectivity index is 2.03. The molecule has 2 aromatic rings. The SMILES string of the molecule is Cc1cc(C(=O)NCCC(O)(c2ncco2)C(F)(F)F)cs1. The lowest BCUT2D eigenvalue weighted by atomic mass is 9.99. The van der Waals surface area contributed by atoms with Crippen LogP contribution in [0.25, 0.3) is 0 Å². The van der Waals surface area contributed by atoms with E-state index in [1.807, 2.05) is 6.92 Å². The number of aryl methyl sites for hydroxylation is 1. The van der Waals surface area contributed by atoms with Gasteiger partial charge in [-0.2, -0.15) is 13.2 Å². The predicted molar refractivity (Wildman–Crippen MR) is 72.5 cm³/mol. The number of amides is 1. The molecule has 1 atom stereocenters. The van der Waals surface area contributed by atoms with E-state index in [1.54, 1.807) is 11.4 Å². The van der Waals surface area contributed by atoms with Gasteiger partial charge in [0.05, 0.1) is 11.8 Å². The smallest absolute Gasteiger partial charge is 0.426 e. The van der Waals surface area contributed by atoms with Crippen molar-refractivity contribution in [3.8, 4) is 0 Å². The van der Waals surface area contributed by atoms with E-state index >= 15 is 0 Å². The fourth-order valence-electron chi connectivity index (χ4n) is 1.82. The number of nitrogens with zero attached hydrogens (tertiary/aromatic N) is 1. The predicted octanol–water partition coefficient (Wildman–Crippen LogP) is 2.61. The fraction of sp³-hybridized carbons (Fsp3) is 0.385. The van der Waals surface area contributed by atoms with Gasteiger partial charge in [0.15, 0.2) is 0 Å². The summed E-state index contributed by atoms with van der Waals surface area (Å²) in [5, 5.41) is 13.8. The van der Waals surface area contributed by atoms with E-state index in [1.165, 1.54) is 11.3 Å². The molecule has 0 aliphatic rings. The van der Waals surface area contributed by atoms with Gasteiger partial charge in [0.2, 0.25) is 11.5 Å². The Kier molecular flexibility index (Phi) is 4.57. The van der Waals surface area contributed by atoms with Gasteiger partial charge in [-0.1, -0.05) is 0 Å². The van der Waals surface area contributed by atoms with E-state index in [4.69, 9.17) is 0 Å². The molecule has 9 heteroatoms. The first-order chi connectivity index (χ1) is 10.2. The second-order valence-electron chi connectivity index (χ2n) is 4.65. The second kappa shape index (κ2) is 6.09. The molecule has 2 aromatic heterocycles. The summed E-state index contributed by atoms with van der Waals surface area (Å²) in [7, 11) is 0. The number of aliphatic hydroxyl groups is 1. The first-order valence-electron chi connectivity index (χ1n) is 6.26. The number of carbonyl (C=O) groups is 1. The molecule has 0 aliphatic heterocycles. The van der Waals surface area contributed by atoms with E-state index in [9.17, 15) is 23.1 Å². The van der Waals surface area contributed by atoms with Crippen molar-refractivity contribution >= 4 is 17.2 Å². The Bertz CT molecular complexity index is 639. The highest BCUT2D eigenvalue weighted by Gasteiger charge is 2.58. The third-order valence-corrected chi connectivity index (χ3v) is 3.88. The van der Waals surface area contributed by atoms with Crippen molar-refractivity contribution in [2.24, 2.45) is 0 Å². The molecular formula is C13H13F3N2O3S. The number of thiophene rings is 1. The Morgan fingerprint density at radius 2 is 2.23 bits per heavy atom. The van der Waals surface area contributed by atoms with Crippen molar-refractivity contribution in [3.05, 3.63) is 40.2 Å². The van der Waals surface area contributed by atoms with Crippen LogP contribution in [0.1, 0.15) is 27.5 Å². The number of oxazole rings is 1. The summed E-state index contributed by atoms with van der Waals surface area (Å²) >= 11 is 1.36. The fourth-order valence-corrected chi connectivity index (χ4v) is 2.50. The molecule has 2 N–H and O–H groups in total. The van der Waals surface area contributed by atoms with Crippen molar-refractivity contribution < 1.29 is 27.5 Å². The van der Waals surface area contributed by atoms with Crippen molar-refractivity contribution in [2.75, 3.05) is 6.54 Å². The van der Waals surface area contributed by atoms with Crippen LogP contribution >= 0.6 is 11.3 Å². The van der Waals surface area contributed by atoms with Gasteiger partial charge in [-0.25, -0.2) is 4.98 Å². The Labute approximate surface area is 127 Å². The summed E-state index contributed by atoms with van der Waals surface area (Å²) in [6.07, 6.45) is -3.81. The molecule has 5 nitrogen and oxygen atoms in total. The van der Waals surface area contributed by atoms with Crippen LogP contribution in [0, 0.1) is 6.92 Å². The van der Waals surface area contributed by atoms with E-state index in [2.05, 4.69) is 14.7 Å². The summed E-state index contributed by atoms with van der Waals surface area (Å²) in [6, 6.07) is 1.63. The van der Waals surface area contributed by atoms with Gasteiger partial charge in [0, 0.05) is 23.2 Å². The number of hydrogen-bond acceptors (Lipinski definition) is 5. The highest BCUT2D eigenvalue weighted by atomic mass is 32.1. The van der Waals surface area contributed by atoms with Gasteiger partial charge >= 0.3 is 6.18 Å². The van der Waals surface area contributed by atoms with Crippen LogP contribution in [-0.2, 0) is 5.60 Å². The standard InChI is InChI=1S/C13H13F3N2O3S/c1-8-6-9(7-22-8)10(19)17-3-2-12(20,13(14,15)16)11-18-4-5-21-11/h4-7,20H,2-3H2,1H3,(H,17,19). The lowest BCUT2D eigenvalue weighted by Crippen LogP contribution is -2.45. The molecule has 0 aromatic carbocycles. The van der Waals surface area contributed by atoms with E-state index < -0.39 is 30.0 Å². The lowest BCUT2D eigenvalue weighted by Gasteiger charge is -2.27. The zero-order valence-corrected chi connectivity index (χ0v) is 12.3. The molecule has 0 radical (unpaired) electrons. The van der Waals surface area contributed by atoms with Crippen molar-refractivity contribution in [2.45, 2.75) is 25.1 Å². The summed E-state index contributed by atoms with van der Waals surface area (Å²) in [5.74, 6) is -1.35. The van der Waals surface area contributed by atoms with Crippen LogP contribution in [0.4, 0.5) is 13.2 Å². The molecule has 0 aliphatic carbocycles.